The number of fused-ring (bicyclic) bond motifs is 5. The number of amides is 1. The first-order valence-electron chi connectivity index (χ1n) is 13.5. The second kappa shape index (κ2) is 8.63. The van der Waals surface area contributed by atoms with E-state index in [9.17, 15) is 10.1 Å². The third-order valence-electron chi connectivity index (χ3n) is 8.93. The standard InChI is InChI=1S/C33H30N2O2/c34-21-33(15-16-33)24-8-5-7-22(17-24)23-18-25-9-6-10-26(19-23)35(25)32(36)37-20-31-29-13-3-1-11-27(29)28-12-2-4-14-30(28)31/h1-5,7-8,11-14,17-18,25-26,31H,6,9-10,15-16,19-20H2. The Morgan fingerprint density at radius 2 is 1.70 bits per heavy atom. The van der Waals surface area contributed by atoms with Crippen LogP contribution in [-0.2, 0) is 10.2 Å². The van der Waals surface area contributed by atoms with Gasteiger partial charge >= 0.3 is 6.09 Å². The molecule has 1 saturated heterocycles. The molecule has 2 fully saturated rings. The zero-order valence-corrected chi connectivity index (χ0v) is 20.9. The van der Waals surface area contributed by atoms with Crippen LogP contribution in [0.25, 0.3) is 16.7 Å². The molecule has 2 aliphatic heterocycles. The molecule has 2 heterocycles. The zero-order chi connectivity index (χ0) is 25.0. The first kappa shape index (κ1) is 22.4. The van der Waals surface area contributed by atoms with Gasteiger partial charge in [-0.05, 0) is 83.5 Å². The second-order valence-corrected chi connectivity index (χ2v) is 11.0. The number of rotatable bonds is 4. The van der Waals surface area contributed by atoms with Crippen LogP contribution in [0.4, 0.5) is 4.79 Å². The minimum atomic E-state index is -0.283. The van der Waals surface area contributed by atoms with Crippen molar-refractivity contribution in [2.45, 2.75) is 61.9 Å². The van der Waals surface area contributed by atoms with E-state index in [-0.39, 0.29) is 29.5 Å². The lowest BCUT2D eigenvalue weighted by molar-refractivity contribution is 0.0539. The monoisotopic (exact) mass is 486 g/mol. The predicted octanol–water partition coefficient (Wildman–Crippen LogP) is 7.20. The van der Waals surface area contributed by atoms with Gasteiger partial charge in [-0.3, -0.25) is 4.90 Å². The van der Waals surface area contributed by atoms with E-state index in [4.69, 9.17) is 4.74 Å². The van der Waals surface area contributed by atoms with Crippen molar-refractivity contribution >= 4 is 11.7 Å². The lowest BCUT2D eigenvalue weighted by Gasteiger charge is -2.44. The maximum Gasteiger partial charge on any atom is 0.410 e. The number of piperidine rings is 1. The van der Waals surface area contributed by atoms with E-state index < -0.39 is 0 Å². The maximum atomic E-state index is 13.5. The average Bonchev–Trinajstić information content (AvgIpc) is 3.68. The van der Waals surface area contributed by atoms with E-state index in [1.54, 1.807) is 0 Å². The summed E-state index contributed by atoms with van der Waals surface area (Å²) in [7, 11) is 0. The summed E-state index contributed by atoms with van der Waals surface area (Å²) in [5.41, 5.74) is 8.32. The summed E-state index contributed by atoms with van der Waals surface area (Å²) in [5, 5.41) is 9.65. The molecule has 2 unspecified atom stereocenters. The van der Waals surface area contributed by atoms with Crippen molar-refractivity contribution in [1.82, 2.24) is 4.90 Å². The van der Waals surface area contributed by atoms with Crippen LogP contribution < -0.4 is 0 Å². The molecule has 1 saturated carbocycles. The van der Waals surface area contributed by atoms with E-state index in [0.717, 1.165) is 44.1 Å². The van der Waals surface area contributed by atoms with Gasteiger partial charge in [0.1, 0.15) is 6.61 Å². The minimum Gasteiger partial charge on any atom is -0.448 e. The van der Waals surface area contributed by atoms with E-state index in [2.05, 4.69) is 84.9 Å². The number of benzene rings is 3. The molecule has 2 aliphatic carbocycles. The highest BCUT2D eigenvalue weighted by atomic mass is 16.6. The molecule has 0 radical (unpaired) electrons. The van der Waals surface area contributed by atoms with Gasteiger partial charge < -0.3 is 4.74 Å². The second-order valence-electron chi connectivity index (χ2n) is 11.0. The molecule has 1 amide bonds. The van der Waals surface area contributed by atoms with E-state index in [1.807, 2.05) is 4.90 Å². The minimum absolute atomic E-state index is 0.0626. The first-order valence-corrected chi connectivity index (χ1v) is 13.5. The Labute approximate surface area is 218 Å². The highest BCUT2D eigenvalue weighted by Crippen LogP contribution is 2.48. The SMILES string of the molecule is N#CC1(c2cccc(C3=CC4CCCC(C3)N4C(=O)OCC3c4ccccc4-c4ccccc43)c2)CC1. The largest absolute Gasteiger partial charge is 0.448 e. The third-order valence-corrected chi connectivity index (χ3v) is 8.93. The Balaban J connectivity index is 1.11. The lowest BCUT2D eigenvalue weighted by atomic mass is 9.82. The Kier molecular flexibility index (Phi) is 5.22. The molecule has 3 aromatic carbocycles. The van der Waals surface area contributed by atoms with Crippen LogP contribution >= 0.6 is 0 Å². The van der Waals surface area contributed by atoms with Crippen LogP contribution in [0, 0.1) is 11.3 Å². The van der Waals surface area contributed by atoms with E-state index >= 15 is 0 Å². The Bertz CT molecular complexity index is 1420. The summed E-state index contributed by atoms with van der Waals surface area (Å²) in [6.07, 6.45) is 7.92. The predicted molar refractivity (Wildman–Crippen MR) is 144 cm³/mol. The zero-order valence-electron chi connectivity index (χ0n) is 20.9. The van der Waals surface area contributed by atoms with Gasteiger partial charge in [-0.25, -0.2) is 4.79 Å². The van der Waals surface area contributed by atoms with Crippen LogP contribution in [0.1, 0.15) is 66.7 Å². The summed E-state index contributed by atoms with van der Waals surface area (Å²) in [6, 6.07) is 28.2. The fourth-order valence-electron chi connectivity index (χ4n) is 6.80. The molecule has 4 heteroatoms. The molecule has 7 rings (SSSR count). The normalized spacial score (nSPS) is 22.9. The van der Waals surface area contributed by atoms with Gasteiger partial charge in [-0.15, -0.1) is 0 Å². The summed E-state index contributed by atoms with van der Waals surface area (Å²) >= 11 is 0. The Morgan fingerprint density at radius 1 is 0.973 bits per heavy atom. The van der Waals surface area contributed by atoms with Gasteiger partial charge in [-0.2, -0.15) is 5.26 Å². The van der Waals surface area contributed by atoms with Crippen molar-refractivity contribution < 1.29 is 9.53 Å². The number of nitriles is 1. The van der Waals surface area contributed by atoms with Crippen molar-refractivity contribution in [2.75, 3.05) is 6.61 Å². The molecule has 2 atom stereocenters. The first-order chi connectivity index (χ1) is 18.2. The van der Waals surface area contributed by atoms with Crippen LogP contribution in [0.3, 0.4) is 0 Å². The topological polar surface area (TPSA) is 53.3 Å². The van der Waals surface area contributed by atoms with Crippen LogP contribution in [0.2, 0.25) is 0 Å². The van der Waals surface area contributed by atoms with Crippen molar-refractivity contribution in [3.05, 3.63) is 101 Å². The summed E-state index contributed by atoms with van der Waals surface area (Å²) in [6.45, 7) is 0.359. The van der Waals surface area contributed by atoms with Gasteiger partial charge in [0.15, 0.2) is 0 Å². The molecular formula is C33H30N2O2. The molecule has 4 nitrogen and oxygen atoms in total. The molecule has 0 spiro atoms. The molecule has 0 N–H and O–H groups in total. The highest BCUT2D eigenvalue weighted by molar-refractivity contribution is 5.79. The van der Waals surface area contributed by atoms with Crippen molar-refractivity contribution in [3.63, 3.8) is 0 Å². The number of hydrogen-bond acceptors (Lipinski definition) is 3. The molecular weight excluding hydrogens is 456 g/mol. The van der Waals surface area contributed by atoms with Crippen molar-refractivity contribution in [1.29, 1.82) is 5.26 Å². The van der Waals surface area contributed by atoms with Gasteiger partial charge in [0.05, 0.1) is 17.5 Å². The third kappa shape index (κ3) is 3.68. The fourth-order valence-corrected chi connectivity index (χ4v) is 6.80. The molecule has 184 valence electrons. The smallest absolute Gasteiger partial charge is 0.410 e. The van der Waals surface area contributed by atoms with E-state index in [0.29, 0.717) is 6.61 Å². The number of ether oxygens (including phenoxy) is 1. The molecule has 4 aliphatic rings. The fraction of sp³-hybridized carbons (Fsp3) is 0.333. The van der Waals surface area contributed by atoms with Gasteiger partial charge in [-0.1, -0.05) is 72.8 Å². The number of hydrogen-bond donors (Lipinski definition) is 0. The summed E-state index contributed by atoms with van der Waals surface area (Å²) < 4.78 is 6.06. The summed E-state index contributed by atoms with van der Waals surface area (Å²) in [4.78, 5) is 15.5. The summed E-state index contributed by atoms with van der Waals surface area (Å²) in [5.74, 6) is 0.0738. The molecule has 2 bridgehead atoms. The number of carbonyl (C=O) groups is 1. The highest BCUT2D eigenvalue weighted by Gasteiger charge is 2.45. The van der Waals surface area contributed by atoms with Gasteiger partial charge in [0.2, 0.25) is 0 Å². The number of nitrogens with zero attached hydrogens (tertiary/aromatic N) is 2. The van der Waals surface area contributed by atoms with Crippen molar-refractivity contribution in [2.24, 2.45) is 0 Å². The molecule has 3 aromatic rings. The molecule has 0 aromatic heterocycles. The Hall–Kier alpha value is -3.84. The molecule has 37 heavy (non-hydrogen) atoms. The Morgan fingerprint density at radius 3 is 2.38 bits per heavy atom. The van der Waals surface area contributed by atoms with E-state index in [1.165, 1.54) is 33.4 Å². The number of carbonyl (C=O) groups excluding carboxylic acids is 1. The lowest BCUT2D eigenvalue weighted by Crippen LogP contribution is -2.51. The van der Waals surface area contributed by atoms with Crippen LogP contribution in [-0.4, -0.2) is 29.7 Å². The van der Waals surface area contributed by atoms with Gasteiger partial charge in [0, 0.05) is 12.0 Å². The van der Waals surface area contributed by atoms with Crippen LogP contribution in [0.5, 0.6) is 0 Å². The average molecular weight is 487 g/mol. The van der Waals surface area contributed by atoms with Gasteiger partial charge in [0.25, 0.3) is 0 Å². The quantitative estimate of drug-likeness (QED) is 0.392. The van der Waals surface area contributed by atoms with Crippen molar-refractivity contribution in [3.8, 4) is 17.2 Å². The van der Waals surface area contributed by atoms with Crippen LogP contribution in [0.15, 0.2) is 78.9 Å². The maximum absolute atomic E-state index is 13.5.